The molecule has 0 aromatic rings. The van der Waals surface area contributed by atoms with E-state index >= 15 is 0 Å². The van der Waals surface area contributed by atoms with Crippen molar-refractivity contribution in [1.29, 1.82) is 0 Å². The van der Waals surface area contributed by atoms with Gasteiger partial charge in [-0.1, -0.05) is 25.0 Å². The summed E-state index contributed by atoms with van der Waals surface area (Å²) >= 11 is 0. The van der Waals surface area contributed by atoms with Gasteiger partial charge in [0, 0.05) is 6.54 Å². The second-order valence-corrected chi connectivity index (χ2v) is 4.19. The second-order valence-electron chi connectivity index (χ2n) is 4.19. The molecule has 1 atom stereocenters. The van der Waals surface area contributed by atoms with Crippen molar-refractivity contribution in [2.45, 2.75) is 51.5 Å². The van der Waals surface area contributed by atoms with Crippen LogP contribution in [0, 0.1) is 0 Å². The van der Waals surface area contributed by atoms with Crippen LogP contribution in [-0.4, -0.2) is 18.5 Å². The van der Waals surface area contributed by atoms with Crippen LogP contribution in [0.25, 0.3) is 0 Å². The molecule has 0 aromatic heterocycles. The molecule has 0 saturated heterocycles. The van der Waals surface area contributed by atoms with Gasteiger partial charge >= 0.3 is 0 Å². The van der Waals surface area contributed by atoms with Gasteiger partial charge in [0.25, 0.3) is 0 Å². The standard InChI is InChI=1S/C12H22N2O/c1-2-5-11(13)12(15)14-9-8-10-6-3-4-7-10/h6,11H,2-5,7-9,13H2,1H3,(H,14,15)/t11-/m1/s1. The van der Waals surface area contributed by atoms with E-state index in [2.05, 4.69) is 11.4 Å². The van der Waals surface area contributed by atoms with Crippen molar-refractivity contribution < 1.29 is 4.79 Å². The quantitative estimate of drug-likeness (QED) is 0.656. The number of carbonyl (C=O) groups is 1. The van der Waals surface area contributed by atoms with Crippen molar-refractivity contribution in [1.82, 2.24) is 5.32 Å². The molecule has 1 rings (SSSR count). The Kier molecular flexibility index (Phi) is 5.40. The van der Waals surface area contributed by atoms with E-state index in [4.69, 9.17) is 5.73 Å². The molecule has 0 aromatic carbocycles. The lowest BCUT2D eigenvalue weighted by molar-refractivity contribution is -0.122. The summed E-state index contributed by atoms with van der Waals surface area (Å²) in [5.74, 6) is -0.00422. The lowest BCUT2D eigenvalue weighted by Crippen LogP contribution is -2.40. The summed E-state index contributed by atoms with van der Waals surface area (Å²) in [5.41, 5.74) is 7.18. The monoisotopic (exact) mass is 210 g/mol. The summed E-state index contributed by atoms with van der Waals surface area (Å²) in [4.78, 5) is 11.5. The molecule has 1 aliphatic carbocycles. The Bertz CT molecular complexity index is 236. The Morgan fingerprint density at radius 3 is 3.07 bits per heavy atom. The lowest BCUT2D eigenvalue weighted by Gasteiger charge is -2.11. The molecule has 0 heterocycles. The maximum absolute atomic E-state index is 11.5. The average Bonchev–Trinajstić information content (AvgIpc) is 2.71. The highest BCUT2D eigenvalue weighted by Crippen LogP contribution is 2.19. The summed E-state index contributed by atoms with van der Waals surface area (Å²) < 4.78 is 0. The number of hydrogen-bond acceptors (Lipinski definition) is 2. The highest BCUT2D eigenvalue weighted by atomic mass is 16.2. The highest BCUT2D eigenvalue weighted by Gasteiger charge is 2.11. The summed E-state index contributed by atoms with van der Waals surface area (Å²) in [6.07, 6.45) is 8.70. The number of nitrogens with two attached hydrogens (primary N) is 1. The minimum Gasteiger partial charge on any atom is -0.354 e. The fraction of sp³-hybridized carbons (Fsp3) is 0.750. The number of amides is 1. The molecule has 0 bridgehead atoms. The van der Waals surface area contributed by atoms with Crippen molar-refractivity contribution >= 4 is 5.91 Å². The predicted molar refractivity (Wildman–Crippen MR) is 62.4 cm³/mol. The molecular weight excluding hydrogens is 188 g/mol. The Morgan fingerprint density at radius 2 is 2.47 bits per heavy atom. The van der Waals surface area contributed by atoms with Gasteiger partial charge in [-0.05, 0) is 32.1 Å². The van der Waals surface area contributed by atoms with Gasteiger partial charge in [-0.25, -0.2) is 0 Å². The summed E-state index contributed by atoms with van der Waals surface area (Å²) in [6, 6.07) is -0.326. The van der Waals surface area contributed by atoms with Crippen LogP contribution in [0.3, 0.4) is 0 Å². The van der Waals surface area contributed by atoms with Crippen molar-refractivity contribution in [2.75, 3.05) is 6.54 Å². The smallest absolute Gasteiger partial charge is 0.236 e. The zero-order valence-corrected chi connectivity index (χ0v) is 9.59. The molecule has 0 aliphatic heterocycles. The van der Waals surface area contributed by atoms with E-state index in [-0.39, 0.29) is 11.9 Å². The SMILES string of the molecule is CCC[C@@H](N)C(=O)NCCC1=CCCC1. The molecular formula is C12H22N2O. The Labute approximate surface area is 92.1 Å². The van der Waals surface area contributed by atoms with Crippen LogP contribution < -0.4 is 11.1 Å². The van der Waals surface area contributed by atoms with Gasteiger partial charge in [0.1, 0.15) is 0 Å². The molecule has 86 valence electrons. The number of hydrogen-bond donors (Lipinski definition) is 2. The largest absolute Gasteiger partial charge is 0.354 e. The number of rotatable bonds is 6. The topological polar surface area (TPSA) is 55.1 Å². The first-order valence-electron chi connectivity index (χ1n) is 5.95. The van der Waals surface area contributed by atoms with E-state index in [1.165, 1.54) is 24.8 Å². The Balaban J connectivity index is 2.11. The van der Waals surface area contributed by atoms with Gasteiger partial charge in [-0.3, -0.25) is 4.79 Å². The van der Waals surface area contributed by atoms with E-state index in [1.807, 2.05) is 6.92 Å². The van der Waals surface area contributed by atoms with E-state index in [9.17, 15) is 4.79 Å². The van der Waals surface area contributed by atoms with Crippen molar-refractivity contribution in [3.63, 3.8) is 0 Å². The molecule has 0 radical (unpaired) electrons. The maximum Gasteiger partial charge on any atom is 0.236 e. The number of carbonyl (C=O) groups excluding carboxylic acids is 1. The molecule has 0 unspecified atom stereocenters. The Hall–Kier alpha value is -0.830. The average molecular weight is 210 g/mol. The summed E-state index contributed by atoms with van der Waals surface area (Å²) in [5, 5.41) is 2.89. The minimum absolute atomic E-state index is 0.00422. The molecule has 0 saturated carbocycles. The van der Waals surface area contributed by atoms with E-state index in [0.29, 0.717) is 0 Å². The van der Waals surface area contributed by atoms with Crippen LogP contribution in [0.5, 0.6) is 0 Å². The third-order valence-electron chi connectivity index (χ3n) is 2.82. The third kappa shape index (κ3) is 4.47. The summed E-state index contributed by atoms with van der Waals surface area (Å²) in [6.45, 7) is 2.78. The number of nitrogens with one attached hydrogen (secondary N) is 1. The van der Waals surface area contributed by atoms with Gasteiger partial charge < -0.3 is 11.1 Å². The second kappa shape index (κ2) is 6.62. The first kappa shape index (κ1) is 12.2. The third-order valence-corrected chi connectivity index (χ3v) is 2.82. The first-order chi connectivity index (χ1) is 7.24. The molecule has 3 heteroatoms. The fourth-order valence-corrected chi connectivity index (χ4v) is 1.88. The van der Waals surface area contributed by atoms with Gasteiger partial charge in [0.2, 0.25) is 5.91 Å². The van der Waals surface area contributed by atoms with Crippen LogP contribution in [0.4, 0.5) is 0 Å². The summed E-state index contributed by atoms with van der Waals surface area (Å²) in [7, 11) is 0. The zero-order valence-electron chi connectivity index (χ0n) is 9.59. The van der Waals surface area contributed by atoms with E-state index in [0.717, 1.165) is 25.8 Å². The molecule has 0 fully saturated rings. The molecule has 3 N–H and O–H groups in total. The first-order valence-corrected chi connectivity index (χ1v) is 5.95. The zero-order chi connectivity index (χ0) is 11.1. The van der Waals surface area contributed by atoms with Gasteiger partial charge in [0.05, 0.1) is 6.04 Å². The highest BCUT2D eigenvalue weighted by molar-refractivity contribution is 5.81. The van der Waals surface area contributed by atoms with Crippen molar-refractivity contribution in [3.05, 3.63) is 11.6 Å². The molecule has 1 aliphatic rings. The molecule has 15 heavy (non-hydrogen) atoms. The van der Waals surface area contributed by atoms with Crippen LogP contribution in [0.2, 0.25) is 0 Å². The van der Waals surface area contributed by atoms with Crippen molar-refractivity contribution in [2.24, 2.45) is 5.73 Å². The normalized spacial score (nSPS) is 17.3. The van der Waals surface area contributed by atoms with Crippen LogP contribution in [-0.2, 0) is 4.79 Å². The fourth-order valence-electron chi connectivity index (χ4n) is 1.88. The molecule has 3 nitrogen and oxygen atoms in total. The van der Waals surface area contributed by atoms with Crippen LogP contribution in [0.1, 0.15) is 45.4 Å². The maximum atomic E-state index is 11.5. The Morgan fingerprint density at radius 1 is 1.67 bits per heavy atom. The van der Waals surface area contributed by atoms with E-state index in [1.54, 1.807) is 0 Å². The lowest BCUT2D eigenvalue weighted by atomic mass is 10.1. The van der Waals surface area contributed by atoms with Crippen LogP contribution in [0.15, 0.2) is 11.6 Å². The van der Waals surface area contributed by atoms with Crippen LogP contribution >= 0.6 is 0 Å². The molecule has 1 amide bonds. The van der Waals surface area contributed by atoms with Gasteiger partial charge in [-0.2, -0.15) is 0 Å². The van der Waals surface area contributed by atoms with Gasteiger partial charge in [-0.15, -0.1) is 0 Å². The van der Waals surface area contributed by atoms with Crippen molar-refractivity contribution in [3.8, 4) is 0 Å². The molecule has 0 spiro atoms. The van der Waals surface area contributed by atoms with Gasteiger partial charge in [0.15, 0.2) is 0 Å². The van der Waals surface area contributed by atoms with E-state index < -0.39 is 0 Å². The minimum atomic E-state index is -0.326. The number of allylic oxidation sites excluding steroid dienone is 1. The predicted octanol–water partition coefficient (Wildman–Crippen LogP) is 1.73.